The number of aromatic nitrogens is 8. The first-order chi connectivity index (χ1) is 56.2. The summed E-state index contributed by atoms with van der Waals surface area (Å²) in [6.07, 6.45) is 3.14. The quantitative estimate of drug-likeness (QED) is 0.0440. The molecule has 4 heterocycles. The zero-order valence-corrected chi connectivity index (χ0v) is 71.2. The third-order valence-electron chi connectivity index (χ3n) is 17.7. The SMILES string of the molecule is C.CCn1nc(-c2ccnc(Cl)n2)c2ccccc21.CCn1nc(C)c2ccccc21.Clc1ccnc(Cl)n1.[Pd].c1ccc(P(c2ccccc2)c2ccccc2)cc1.c1ccc(P(c2ccccc2)c2ccccc2)cc1.c1ccc(P(c2ccccc2)c2ccccc2)cc1.c1ccc(P(c2ccccc2)c2ccccc2)cc1. The van der Waals surface area contributed by atoms with Crippen LogP contribution >= 0.6 is 66.5 Å². The fourth-order valence-electron chi connectivity index (χ4n) is 12.6. The molecule has 580 valence electrons. The first kappa shape index (κ1) is 87.8. The van der Waals surface area contributed by atoms with Crippen LogP contribution in [0, 0.1) is 6.92 Å². The van der Waals surface area contributed by atoms with Gasteiger partial charge in [0.25, 0.3) is 0 Å². The van der Waals surface area contributed by atoms with Crippen molar-refractivity contribution in [3.8, 4) is 11.4 Å². The van der Waals surface area contributed by atoms with Gasteiger partial charge in [-0.05, 0) is 164 Å². The third kappa shape index (κ3) is 25.2. The predicted molar refractivity (Wildman–Crippen MR) is 501 cm³/mol. The maximum atomic E-state index is 5.83. The molecule has 4 aromatic heterocycles. The molecule has 0 fully saturated rings. The fourth-order valence-corrected chi connectivity index (χ4v) is 22.3. The van der Waals surface area contributed by atoms with E-state index in [0.717, 1.165) is 41.1 Å². The Labute approximate surface area is 717 Å². The normalized spacial score (nSPS) is 10.4. The van der Waals surface area contributed by atoms with Gasteiger partial charge in [-0.1, -0.05) is 419 Å². The second kappa shape index (κ2) is 47.5. The number of nitrogens with zero attached hydrogens (tertiary/aromatic N) is 8. The van der Waals surface area contributed by atoms with Crippen LogP contribution in [0.4, 0.5) is 0 Å². The molecule has 0 atom stereocenters. The number of benzene rings is 14. The van der Waals surface area contributed by atoms with Crippen LogP contribution in [-0.2, 0) is 33.5 Å². The summed E-state index contributed by atoms with van der Waals surface area (Å²) >= 11 is 16.6. The van der Waals surface area contributed by atoms with E-state index in [9.17, 15) is 0 Å². The molecule has 0 aliphatic carbocycles. The Bertz CT molecular complexity index is 4910. The maximum Gasteiger partial charge on any atom is 0.223 e. The summed E-state index contributed by atoms with van der Waals surface area (Å²) in [5, 5.41) is 28.9. The number of aryl methyl sites for hydroxylation is 3. The number of para-hydroxylation sites is 2. The number of fused-ring (bicyclic) bond motifs is 2. The van der Waals surface area contributed by atoms with Gasteiger partial charge in [0.05, 0.1) is 22.4 Å². The third-order valence-corrected chi connectivity index (χ3v) is 28.1. The molecule has 0 saturated heterocycles. The summed E-state index contributed by atoms with van der Waals surface area (Å²) in [5.41, 5.74) is 5.05. The molecule has 18 aromatic rings. The predicted octanol–water partition coefficient (Wildman–Crippen LogP) is 21.7. The van der Waals surface area contributed by atoms with Crippen LogP contribution in [0.25, 0.3) is 33.2 Å². The second-order valence-corrected chi connectivity index (χ2v) is 35.3. The minimum atomic E-state index is -0.446. The van der Waals surface area contributed by atoms with Gasteiger partial charge in [-0.3, -0.25) is 9.36 Å². The van der Waals surface area contributed by atoms with E-state index >= 15 is 0 Å². The van der Waals surface area contributed by atoms with Crippen molar-refractivity contribution in [2.75, 3.05) is 0 Å². The van der Waals surface area contributed by atoms with E-state index in [1.807, 2.05) is 33.6 Å². The van der Waals surface area contributed by atoms with Crippen molar-refractivity contribution in [2.45, 2.75) is 41.3 Å². The molecule has 0 N–H and O–H groups in total. The summed E-state index contributed by atoms with van der Waals surface area (Å²) in [4.78, 5) is 15.3. The maximum absolute atomic E-state index is 5.83. The standard InChI is InChI=1S/4C18H15P.C13H11ClN4.C10H12N2.C4H2Cl2N2.CH4.Pd/c4*1-4-10-16(11-5-1)19(17-12-6-2-7-13-17)18-14-8-3-9-15-18;1-2-18-11-6-4-3-5-9(11)12(17-18)10-7-8-15-13(14)16-10;1-3-12-10-7-5-4-6-9(10)8(2)11-12;5-3-1-2-7-4(6)8-3;;/h4*1-15H;3-8H,2H2,1H3;4-7H,3H2,1-2H3;1-2H;1H4;. The van der Waals surface area contributed by atoms with Crippen LogP contribution < -0.4 is 63.7 Å². The van der Waals surface area contributed by atoms with Crippen molar-refractivity contribution in [3.05, 3.63) is 458 Å². The van der Waals surface area contributed by atoms with E-state index in [4.69, 9.17) is 34.8 Å². The van der Waals surface area contributed by atoms with E-state index in [-0.39, 0.29) is 38.4 Å². The van der Waals surface area contributed by atoms with E-state index in [1.54, 1.807) is 12.3 Å². The van der Waals surface area contributed by atoms with Crippen molar-refractivity contribution < 1.29 is 20.4 Å². The smallest absolute Gasteiger partial charge is 0.223 e. The van der Waals surface area contributed by atoms with E-state index in [2.05, 4.69) is 445 Å². The molecule has 0 bridgehead atoms. The van der Waals surface area contributed by atoms with Crippen LogP contribution in [0.15, 0.2) is 437 Å². The van der Waals surface area contributed by atoms with Crippen molar-refractivity contribution >= 4 is 152 Å². The zero-order valence-electron chi connectivity index (χ0n) is 63.8. The minimum Gasteiger partial charge on any atom is -0.265 e. The van der Waals surface area contributed by atoms with Crippen LogP contribution in [0.3, 0.4) is 0 Å². The number of rotatable bonds is 15. The van der Waals surface area contributed by atoms with E-state index in [1.165, 1.54) is 80.8 Å². The molecule has 0 unspecified atom stereocenters. The van der Waals surface area contributed by atoms with Crippen LogP contribution in [-0.4, -0.2) is 39.5 Å². The molecule has 116 heavy (non-hydrogen) atoms. The van der Waals surface area contributed by atoms with Gasteiger partial charge in [-0.2, -0.15) is 10.2 Å². The van der Waals surface area contributed by atoms with E-state index < -0.39 is 31.7 Å². The van der Waals surface area contributed by atoms with Crippen LogP contribution in [0.1, 0.15) is 27.0 Å². The minimum absolute atomic E-state index is 0. The van der Waals surface area contributed by atoms with Gasteiger partial charge in [0, 0.05) is 56.7 Å². The van der Waals surface area contributed by atoms with Gasteiger partial charge in [-0.25, -0.2) is 19.9 Å². The Morgan fingerprint density at radius 2 is 0.474 bits per heavy atom. The van der Waals surface area contributed by atoms with Gasteiger partial charge in [0.15, 0.2) is 0 Å². The van der Waals surface area contributed by atoms with Gasteiger partial charge in [0.1, 0.15) is 10.8 Å². The number of hydrogen-bond acceptors (Lipinski definition) is 6. The Hall–Kier alpha value is -10.6. The second-order valence-electron chi connectivity index (χ2n) is 25.3. The summed E-state index contributed by atoms with van der Waals surface area (Å²) in [6.45, 7) is 7.98. The van der Waals surface area contributed by atoms with Crippen molar-refractivity contribution in [1.82, 2.24) is 39.5 Å². The molecule has 0 radical (unpaired) electrons. The van der Waals surface area contributed by atoms with Crippen molar-refractivity contribution in [2.24, 2.45) is 0 Å². The monoisotopic (exact) mass is 1740 g/mol. The Kier molecular flexibility index (Phi) is 35.9. The summed E-state index contributed by atoms with van der Waals surface area (Å²) < 4.78 is 3.99. The van der Waals surface area contributed by atoms with Gasteiger partial charge < -0.3 is 0 Å². The Morgan fingerprint density at radius 3 is 0.707 bits per heavy atom. The first-order valence-corrected chi connectivity index (χ1v) is 44.0. The number of hydrogen-bond donors (Lipinski definition) is 0. The van der Waals surface area contributed by atoms with Crippen molar-refractivity contribution in [3.63, 3.8) is 0 Å². The largest absolute Gasteiger partial charge is 0.265 e. The molecule has 18 rings (SSSR count). The molecule has 16 heteroatoms. The molecule has 0 aliphatic rings. The van der Waals surface area contributed by atoms with E-state index in [0.29, 0.717) is 5.15 Å². The number of halogens is 3. The molecular formula is C100H89Cl3N8P4Pd. The van der Waals surface area contributed by atoms with Crippen molar-refractivity contribution in [1.29, 1.82) is 0 Å². The summed E-state index contributed by atoms with van der Waals surface area (Å²) in [5.74, 6) is 0. The Balaban J connectivity index is 0.000000144. The average Bonchev–Trinajstić information content (AvgIpc) is 1.60. The summed E-state index contributed by atoms with van der Waals surface area (Å²) in [7, 11) is -1.78. The zero-order chi connectivity index (χ0) is 78.7. The van der Waals surface area contributed by atoms with Crippen LogP contribution in [0.2, 0.25) is 15.7 Å². The molecule has 14 aromatic carbocycles. The average molecular weight is 1740 g/mol. The molecule has 0 spiro atoms. The topological polar surface area (TPSA) is 87.2 Å². The van der Waals surface area contributed by atoms with Gasteiger partial charge >= 0.3 is 0 Å². The van der Waals surface area contributed by atoms with Crippen LogP contribution in [0.5, 0.6) is 0 Å². The molecule has 0 aliphatic heterocycles. The summed E-state index contributed by atoms with van der Waals surface area (Å²) in [6, 6.07) is 149. The molecule has 0 amide bonds. The molecule has 0 saturated carbocycles. The van der Waals surface area contributed by atoms with Gasteiger partial charge in [0.2, 0.25) is 10.6 Å². The molecular weight excluding hydrogens is 1650 g/mol. The fraction of sp³-hybridized carbons (Fsp3) is 0.0600. The Morgan fingerprint density at radius 1 is 0.259 bits per heavy atom. The molecule has 8 nitrogen and oxygen atoms in total. The van der Waals surface area contributed by atoms with Gasteiger partial charge in [-0.15, -0.1) is 0 Å². The first-order valence-electron chi connectivity index (χ1n) is 37.5.